The topological polar surface area (TPSA) is 79.5 Å². The second kappa shape index (κ2) is 5.51. The minimum absolute atomic E-state index is 0.141. The first kappa shape index (κ1) is 14.7. The highest BCUT2D eigenvalue weighted by Gasteiger charge is 2.24. The van der Waals surface area contributed by atoms with Crippen LogP contribution in [0.15, 0.2) is 35.2 Å². The van der Waals surface area contributed by atoms with Gasteiger partial charge in [-0.1, -0.05) is 0 Å². The van der Waals surface area contributed by atoms with Crippen LogP contribution in [0.5, 0.6) is 0 Å². The third-order valence-electron chi connectivity index (χ3n) is 3.57. The van der Waals surface area contributed by atoms with Crippen LogP contribution in [0.2, 0.25) is 0 Å². The third-order valence-corrected chi connectivity index (χ3v) is 4.25. The summed E-state index contributed by atoms with van der Waals surface area (Å²) < 4.78 is 1.76. The average Bonchev–Trinajstić information content (AvgIpc) is 3.15. The molecule has 0 saturated carbocycles. The highest BCUT2D eigenvalue weighted by atomic mass is 32.1. The van der Waals surface area contributed by atoms with Gasteiger partial charge in [0.25, 0.3) is 5.91 Å². The van der Waals surface area contributed by atoms with Gasteiger partial charge >= 0.3 is 0 Å². The largest absolute Gasteiger partial charge is 0.384 e. The summed E-state index contributed by atoms with van der Waals surface area (Å²) in [6.07, 6.45) is 1.69. The maximum atomic E-state index is 12.3. The number of nitrogens with one attached hydrogen (secondary N) is 1. The third kappa shape index (κ3) is 2.72. The molecule has 0 radical (unpaired) electrons. The lowest BCUT2D eigenvalue weighted by atomic mass is 9.99. The normalized spacial score (nSPS) is 14.0. The highest BCUT2D eigenvalue weighted by molar-refractivity contribution is 7.08. The van der Waals surface area contributed by atoms with E-state index in [2.05, 4.69) is 15.5 Å². The lowest BCUT2D eigenvalue weighted by Gasteiger charge is -2.22. The summed E-state index contributed by atoms with van der Waals surface area (Å²) in [6, 6.07) is 5.29. The van der Waals surface area contributed by atoms with E-state index in [9.17, 15) is 9.90 Å². The SMILES string of the molecule is Cc1nnc2ccc(C(=O)NCC(C)(O)c3ccsc3)cn12. The van der Waals surface area contributed by atoms with Gasteiger partial charge in [0, 0.05) is 6.20 Å². The van der Waals surface area contributed by atoms with Crippen LogP contribution in [0.4, 0.5) is 0 Å². The lowest BCUT2D eigenvalue weighted by Crippen LogP contribution is -2.38. The van der Waals surface area contributed by atoms with E-state index >= 15 is 0 Å². The maximum Gasteiger partial charge on any atom is 0.252 e. The first-order valence-corrected chi connectivity index (χ1v) is 7.76. The number of hydrogen-bond donors (Lipinski definition) is 2. The number of aryl methyl sites for hydroxylation is 1. The molecule has 1 atom stereocenters. The molecule has 1 amide bonds. The number of carbonyl (C=O) groups excluding carboxylic acids is 1. The molecule has 3 heterocycles. The van der Waals surface area contributed by atoms with Crippen LogP contribution in [-0.2, 0) is 5.60 Å². The van der Waals surface area contributed by atoms with E-state index in [0.717, 1.165) is 11.4 Å². The van der Waals surface area contributed by atoms with Crippen LogP contribution >= 0.6 is 11.3 Å². The van der Waals surface area contributed by atoms with Gasteiger partial charge in [0.1, 0.15) is 11.4 Å². The molecule has 0 aliphatic rings. The second-order valence-electron chi connectivity index (χ2n) is 5.36. The van der Waals surface area contributed by atoms with E-state index in [-0.39, 0.29) is 12.5 Å². The van der Waals surface area contributed by atoms with Gasteiger partial charge in [-0.2, -0.15) is 11.3 Å². The Labute approximate surface area is 131 Å². The Bertz CT molecular complexity index is 808. The standard InChI is InChI=1S/C15H16N4O2S/c1-10-17-18-13-4-3-11(7-19(10)13)14(20)16-9-15(2,21)12-5-6-22-8-12/h3-8,21H,9H2,1-2H3,(H,16,20). The Kier molecular flexibility index (Phi) is 3.67. The fourth-order valence-corrected chi connectivity index (χ4v) is 2.95. The number of pyridine rings is 1. The molecule has 22 heavy (non-hydrogen) atoms. The Balaban J connectivity index is 1.74. The van der Waals surface area contributed by atoms with Gasteiger partial charge in [-0.3, -0.25) is 9.20 Å². The Morgan fingerprint density at radius 3 is 2.95 bits per heavy atom. The quantitative estimate of drug-likeness (QED) is 0.768. The van der Waals surface area contributed by atoms with Crippen molar-refractivity contribution in [2.75, 3.05) is 6.54 Å². The predicted molar refractivity (Wildman–Crippen MR) is 83.9 cm³/mol. The van der Waals surface area contributed by atoms with Crippen molar-refractivity contribution < 1.29 is 9.90 Å². The van der Waals surface area contributed by atoms with Gasteiger partial charge in [0.05, 0.1) is 12.1 Å². The minimum Gasteiger partial charge on any atom is -0.384 e. The van der Waals surface area contributed by atoms with Crippen LogP contribution in [0.1, 0.15) is 28.7 Å². The summed E-state index contributed by atoms with van der Waals surface area (Å²) >= 11 is 1.51. The Hall–Kier alpha value is -2.25. The number of fused-ring (bicyclic) bond motifs is 1. The van der Waals surface area contributed by atoms with Crippen LogP contribution in [0, 0.1) is 6.92 Å². The van der Waals surface area contributed by atoms with E-state index in [4.69, 9.17) is 0 Å². The van der Waals surface area contributed by atoms with Crippen molar-refractivity contribution in [1.29, 1.82) is 0 Å². The first-order chi connectivity index (χ1) is 10.5. The molecule has 3 aromatic heterocycles. The fourth-order valence-electron chi connectivity index (χ4n) is 2.17. The van der Waals surface area contributed by atoms with Gasteiger partial charge in [0.15, 0.2) is 5.65 Å². The minimum atomic E-state index is -1.09. The molecule has 0 bridgehead atoms. The summed E-state index contributed by atoms with van der Waals surface area (Å²) in [7, 11) is 0. The monoisotopic (exact) mass is 316 g/mol. The van der Waals surface area contributed by atoms with E-state index in [1.807, 2.05) is 23.8 Å². The number of nitrogens with zero attached hydrogens (tertiary/aromatic N) is 3. The van der Waals surface area contributed by atoms with Gasteiger partial charge in [-0.15, -0.1) is 10.2 Å². The molecule has 2 N–H and O–H groups in total. The van der Waals surface area contributed by atoms with Crippen molar-refractivity contribution in [3.8, 4) is 0 Å². The molecule has 3 rings (SSSR count). The lowest BCUT2D eigenvalue weighted by molar-refractivity contribution is 0.0530. The molecule has 6 nitrogen and oxygen atoms in total. The molecule has 0 aliphatic carbocycles. The summed E-state index contributed by atoms with van der Waals surface area (Å²) in [5.41, 5.74) is 0.894. The number of hydrogen-bond acceptors (Lipinski definition) is 5. The van der Waals surface area contributed by atoms with Gasteiger partial charge < -0.3 is 10.4 Å². The Morgan fingerprint density at radius 2 is 2.23 bits per heavy atom. The van der Waals surface area contributed by atoms with E-state index in [0.29, 0.717) is 11.2 Å². The molecule has 114 valence electrons. The van der Waals surface area contributed by atoms with E-state index < -0.39 is 5.60 Å². The van der Waals surface area contributed by atoms with Crippen LogP contribution in [-0.4, -0.2) is 32.2 Å². The van der Waals surface area contributed by atoms with Crippen molar-refractivity contribution in [3.05, 3.63) is 52.1 Å². The summed E-state index contributed by atoms with van der Waals surface area (Å²) in [4.78, 5) is 12.3. The number of aromatic nitrogens is 3. The molecule has 0 saturated heterocycles. The molecule has 0 aliphatic heterocycles. The molecule has 7 heteroatoms. The van der Waals surface area contributed by atoms with Gasteiger partial charge in [-0.25, -0.2) is 0 Å². The van der Waals surface area contributed by atoms with Gasteiger partial charge in [-0.05, 0) is 48.4 Å². The van der Waals surface area contributed by atoms with Crippen molar-refractivity contribution in [1.82, 2.24) is 19.9 Å². The zero-order valence-corrected chi connectivity index (χ0v) is 13.1. The second-order valence-corrected chi connectivity index (χ2v) is 6.14. The van der Waals surface area contributed by atoms with Crippen LogP contribution in [0.25, 0.3) is 5.65 Å². The molecule has 0 aromatic carbocycles. The first-order valence-electron chi connectivity index (χ1n) is 6.82. The van der Waals surface area contributed by atoms with Gasteiger partial charge in [0.2, 0.25) is 0 Å². The number of aliphatic hydroxyl groups is 1. The van der Waals surface area contributed by atoms with E-state index in [1.165, 1.54) is 11.3 Å². The van der Waals surface area contributed by atoms with Crippen LogP contribution in [0.3, 0.4) is 0 Å². The highest BCUT2D eigenvalue weighted by Crippen LogP contribution is 2.22. The summed E-state index contributed by atoms with van der Waals surface area (Å²) in [6.45, 7) is 3.65. The zero-order chi connectivity index (χ0) is 15.7. The molecule has 1 unspecified atom stereocenters. The number of carbonyl (C=O) groups is 1. The Morgan fingerprint density at radius 1 is 1.41 bits per heavy atom. The van der Waals surface area contributed by atoms with Crippen molar-refractivity contribution >= 4 is 22.9 Å². The molecular weight excluding hydrogens is 300 g/mol. The van der Waals surface area contributed by atoms with E-state index in [1.54, 1.807) is 29.7 Å². The van der Waals surface area contributed by atoms with Crippen molar-refractivity contribution in [3.63, 3.8) is 0 Å². The number of amides is 1. The smallest absolute Gasteiger partial charge is 0.252 e. The maximum absolute atomic E-state index is 12.3. The average molecular weight is 316 g/mol. The van der Waals surface area contributed by atoms with Crippen molar-refractivity contribution in [2.45, 2.75) is 19.4 Å². The molecule has 0 fully saturated rings. The zero-order valence-electron chi connectivity index (χ0n) is 12.3. The molecular formula is C15H16N4O2S. The van der Waals surface area contributed by atoms with Crippen LogP contribution < -0.4 is 5.32 Å². The molecule has 3 aromatic rings. The summed E-state index contributed by atoms with van der Waals surface area (Å²) in [5, 5.41) is 24.9. The van der Waals surface area contributed by atoms with Crippen molar-refractivity contribution in [2.24, 2.45) is 0 Å². The fraction of sp³-hybridized carbons (Fsp3) is 0.267. The number of rotatable bonds is 4. The predicted octanol–water partition coefficient (Wildman–Crippen LogP) is 1.74. The summed E-state index contributed by atoms with van der Waals surface area (Å²) in [5.74, 6) is 0.473. The molecule has 0 spiro atoms. The number of thiophene rings is 1.